The summed E-state index contributed by atoms with van der Waals surface area (Å²) in [6.07, 6.45) is 0. The summed E-state index contributed by atoms with van der Waals surface area (Å²) in [5, 5.41) is 0.628. The minimum Gasteiger partial charge on any atom is -0.489 e. The number of halogens is 2. The molecule has 0 aliphatic carbocycles. The molecule has 30 heavy (non-hydrogen) atoms. The van der Waals surface area contributed by atoms with Gasteiger partial charge in [0, 0.05) is 10.6 Å². The maximum Gasteiger partial charge on any atom is 0.276 e. The van der Waals surface area contributed by atoms with Crippen LogP contribution < -0.4 is 20.3 Å². The summed E-state index contributed by atoms with van der Waals surface area (Å²) in [5.41, 5.74) is 5.70. The minimum atomic E-state index is -0.625. The van der Waals surface area contributed by atoms with Gasteiger partial charge in [0.15, 0.2) is 18.2 Å². The highest BCUT2D eigenvalue weighted by Gasteiger charge is 2.09. The van der Waals surface area contributed by atoms with Crippen molar-refractivity contribution in [3.63, 3.8) is 0 Å². The summed E-state index contributed by atoms with van der Waals surface area (Å²) in [4.78, 5) is 23.9. The third-order valence-corrected chi connectivity index (χ3v) is 4.20. The largest absolute Gasteiger partial charge is 0.489 e. The fourth-order valence-corrected chi connectivity index (χ4v) is 2.52. The van der Waals surface area contributed by atoms with Crippen LogP contribution in [0.15, 0.2) is 72.8 Å². The van der Waals surface area contributed by atoms with Crippen LogP contribution in [0.3, 0.4) is 0 Å². The zero-order chi connectivity index (χ0) is 21.3. The van der Waals surface area contributed by atoms with E-state index in [2.05, 4.69) is 10.9 Å². The second-order valence-electron chi connectivity index (χ2n) is 6.16. The van der Waals surface area contributed by atoms with E-state index < -0.39 is 24.2 Å². The molecular weight excluding hydrogens is 411 g/mol. The van der Waals surface area contributed by atoms with E-state index >= 15 is 0 Å². The maximum atomic E-state index is 13.4. The second kappa shape index (κ2) is 10.3. The van der Waals surface area contributed by atoms with Gasteiger partial charge in [-0.25, -0.2) is 4.39 Å². The summed E-state index contributed by atoms with van der Waals surface area (Å²) < 4.78 is 24.1. The lowest BCUT2D eigenvalue weighted by Gasteiger charge is -2.10. The van der Waals surface area contributed by atoms with Crippen molar-refractivity contribution in [2.75, 3.05) is 6.61 Å². The van der Waals surface area contributed by atoms with Crippen LogP contribution in [-0.2, 0) is 11.4 Å². The van der Waals surface area contributed by atoms with Gasteiger partial charge in [0.1, 0.15) is 12.4 Å². The van der Waals surface area contributed by atoms with Gasteiger partial charge in [0.05, 0.1) is 0 Å². The number of ether oxygens (including phenoxy) is 2. The lowest BCUT2D eigenvalue weighted by molar-refractivity contribution is -0.123. The molecule has 0 spiro atoms. The Morgan fingerprint density at radius 2 is 1.57 bits per heavy atom. The highest BCUT2D eigenvalue weighted by Crippen LogP contribution is 2.17. The van der Waals surface area contributed by atoms with E-state index in [1.54, 1.807) is 54.6 Å². The Morgan fingerprint density at radius 1 is 0.867 bits per heavy atom. The number of carbonyl (C=O) groups excluding carboxylic acids is 2. The molecule has 8 heteroatoms. The number of hydrogen-bond donors (Lipinski definition) is 2. The molecule has 0 radical (unpaired) electrons. The fraction of sp³-hybridized carbons (Fsp3) is 0.0909. The molecule has 0 aromatic heterocycles. The van der Waals surface area contributed by atoms with E-state index in [-0.39, 0.29) is 5.75 Å². The molecule has 3 rings (SSSR count). The highest BCUT2D eigenvalue weighted by atomic mass is 35.5. The van der Waals surface area contributed by atoms with Gasteiger partial charge in [-0.15, -0.1) is 0 Å². The average Bonchev–Trinajstić information content (AvgIpc) is 2.77. The molecule has 0 fully saturated rings. The number of hydrazine groups is 1. The van der Waals surface area contributed by atoms with Gasteiger partial charge in [0.25, 0.3) is 11.8 Å². The summed E-state index contributed by atoms with van der Waals surface area (Å²) in [6, 6.07) is 19.4. The van der Waals surface area contributed by atoms with Crippen LogP contribution in [0.25, 0.3) is 0 Å². The van der Waals surface area contributed by atoms with Crippen molar-refractivity contribution in [2.24, 2.45) is 0 Å². The van der Waals surface area contributed by atoms with Crippen LogP contribution in [0.1, 0.15) is 15.9 Å². The molecular formula is C22H18ClFN2O4. The van der Waals surface area contributed by atoms with Crippen LogP contribution in [0.2, 0.25) is 5.02 Å². The Balaban J connectivity index is 1.43. The SMILES string of the molecule is O=C(COc1ccccc1F)NNC(=O)c1ccc(COc2ccc(Cl)cc2)cc1. The van der Waals surface area contributed by atoms with Crippen molar-refractivity contribution in [2.45, 2.75) is 6.61 Å². The predicted octanol–water partition coefficient (Wildman–Crippen LogP) is 3.90. The van der Waals surface area contributed by atoms with Crippen molar-refractivity contribution in [1.82, 2.24) is 10.9 Å². The quantitative estimate of drug-likeness (QED) is 0.560. The topological polar surface area (TPSA) is 76.7 Å². The number of carbonyl (C=O) groups is 2. The number of amides is 2. The number of nitrogens with one attached hydrogen (secondary N) is 2. The highest BCUT2D eigenvalue weighted by molar-refractivity contribution is 6.30. The van der Waals surface area contributed by atoms with E-state index in [4.69, 9.17) is 21.1 Å². The first kappa shape index (κ1) is 21.1. The van der Waals surface area contributed by atoms with Gasteiger partial charge in [-0.05, 0) is 54.1 Å². The number of hydrogen-bond acceptors (Lipinski definition) is 4. The maximum absolute atomic E-state index is 13.4. The van der Waals surface area contributed by atoms with Crippen LogP contribution in [-0.4, -0.2) is 18.4 Å². The zero-order valence-electron chi connectivity index (χ0n) is 15.7. The molecule has 0 atom stereocenters. The molecule has 0 heterocycles. The molecule has 0 unspecified atom stereocenters. The Bertz CT molecular complexity index is 1010. The normalized spacial score (nSPS) is 10.2. The monoisotopic (exact) mass is 428 g/mol. The van der Waals surface area contributed by atoms with E-state index in [1.165, 1.54) is 18.2 Å². The molecule has 3 aromatic carbocycles. The van der Waals surface area contributed by atoms with E-state index in [0.29, 0.717) is 22.9 Å². The standard InChI is InChI=1S/C22H18ClFN2O4/c23-17-9-11-18(12-10-17)29-13-15-5-7-16(8-6-15)22(28)26-25-21(27)14-30-20-4-2-1-3-19(20)24/h1-12H,13-14H2,(H,25,27)(H,26,28). The third kappa shape index (κ3) is 6.22. The minimum absolute atomic E-state index is 0.0459. The summed E-state index contributed by atoms with van der Waals surface area (Å²) >= 11 is 5.83. The number of rotatable bonds is 7. The van der Waals surface area contributed by atoms with Gasteiger partial charge in [0.2, 0.25) is 0 Å². The Morgan fingerprint density at radius 3 is 2.27 bits per heavy atom. The predicted molar refractivity (Wildman–Crippen MR) is 110 cm³/mol. The third-order valence-electron chi connectivity index (χ3n) is 3.95. The zero-order valence-corrected chi connectivity index (χ0v) is 16.5. The first-order valence-electron chi connectivity index (χ1n) is 8.95. The molecule has 0 aliphatic heterocycles. The van der Waals surface area contributed by atoms with E-state index in [0.717, 1.165) is 5.56 Å². The van der Waals surface area contributed by atoms with Gasteiger partial charge in [-0.2, -0.15) is 0 Å². The lowest BCUT2D eigenvalue weighted by Crippen LogP contribution is -2.43. The van der Waals surface area contributed by atoms with Gasteiger partial charge in [-0.1, -0.05) is 35.9 Å². The average molecular weight is 429 g/mol. The first-order chi connectivity index (χ1) is 14.5. The van der Waals surface area contributed by atoms with Crippen LogP contribution in [0, 0.1) is 5.82 Å². The van der Waals surface area contributed by atoms with Crippen molar-refractivity contribution in [3.05, 3.63) is 94.8 Å². The van der Waals surface area contributed by atoms with Crippen LogP contribution in [0.4, 0.5) is 4.39 Å². The molecule has 0 saturated heterocycles. The Kier molecular flexibility index (Phi) is 7.24. The Labute approximate surface area is 177 Å². The van der Waals surface area contributed by atoms with Gasteiger partial charge < -0.3 is 9.47 Å². The van der Waals surface area contributed by atoms with Crippen molar-refractivity contribution in [1.29, 1.82) is 0 Å². The number of para-hydroxylation sites is 1. The molecule has 0 saturated carbocycles. The fourth-order valence-electron chi connectivity index (χ4n) is 2.39. The molecule has 0 aliphatic rings. The summed E-state index contributed by atoms with van der Waals surface area (Å²) in [6.45, 7) is -0.115. The first-order valence-corrected chi connectivity index (χ1v) is 9.33. The molecule has 3 aromatic rings. The van der Waals surface area contributed by atoms with Crippen LogP contribution in [0.5, 0.6) is 11.5 Å². The van der Waals surface area contributed by atoms with Gasteiger partial charge in [-0.3, -0.25) is 20.4 Å². The molecule has 154 valence electrons. The summed E-state index contributed by atoms with van der Waals surface area (Å²) in [5.74, 6) is -1.06. The van der Waals surface area contributed by atoms with Gasteiger partial charge >= 0.3 is 0 Å². The van der Waals surface area contributed by atoms with Crippen molar-refractivity contribution < 1.29 is 23.5 Å². The molecule has 2 amide bonds. The van der Waals surface area contributed by atoms with Crippen molar-refractivity contribution >= 4 is 23.4 Å². The Hall–Kier alpha value is -3.58. The lowest BCUT2D eigenvalue weighted by atomic mass is 10.1. The van der Waals surface area contributed by atoms with E-state index in [1.807, 2.05) is 0 Å². The molecule has 6 nitrogen and oxygen atoms in total. The molecule has 2 N–H and O–H groups in total. The summed E-state index contributed by atoms with van der Waals surface area (Å²) in [7, 11) is 0. The van der Waals surface area contributed by atoms with E-state index in [9.17, 15) is 14.0 Å². The smallest absolute Gasteiger partial charge is 0.276 e. The van der Waals surface area contributed by atoms with Crippen LogP contribution >= 0.6 is 11.6 Å². The number of benzene rings is 3. The van der Waals surface area contributed by atoms with Crippen molar-refractivity contribution in [3.8, 4) is 11.5 Å². The molecule has 0 bridgehead atoms. The second-order valence-corrected chi connectivity index (χ2v) is 6.60.